The second-order valence-electron chi connectivity index (χ2n) is 6.63. The van der Waals surface area contributed by atoms with Crippen LogP contribution in [0.2, 0.25) is 0 Å². The van der Waals surface area contributed by atoms with Gasteiger partial charge in [-0.3, -0.25) is 14.5 Å². The van der Waals surface area contributed by atoms with Crippen molar-refractivity contribution in [2.45, 2.75) is 19.4 Å². The molecule has 0 atom stereocenters. The molecule has 0 aliphatic carbocycles. The molecule has 4 rings (SSSR count). The van der Waals surface area contributed by atoms with Crippen LogP contribution in [0, 0.1) is 0 Å². The van der Waals surface area contributed by atoms with Gasteiger partial charge >= 0.3 is 0 Å². The quantitative estimate of drug-likeness (QED) is 0.416. The number of aromatic nitrogens is 2. The Bertz CT molecular complexity index is 956. The number of nitrogens with zero attached hydrogens (tertiary/aromatic N) is 3. The molecule has 0 unspecified atom stereocenters. The van der Waals surface area contributed by atoms with Gasteiger partial charge in [-0.15, -0.1) is 0 Å². The van der Waals surface area contributed by atoms with E-state index in [0.29, 0.717) is 17.7 Å². The Balaban J connectivity index is 1.31. The van der Waals surface area contributed by atoms with E-state index in [4.69, 9.17) is 5.73 Å². The van der Waals surface area contributed by atoms with Crippen molar-refractivity contribution in [3.63, 3.8) is 0 Å². The normalized spacial score (nSPS) is 13.3. The van der Waals surface area contributed by atoms with Gasteiger partial charge in [0.05, 0.1) is 23.1 Å². The van der Waals surface area contributed by atoms with Gasteiger partial charge in [-0.2, -0.15) is 0 Å². The third-order valence-corrected chi connectivity index (χ3v) is 4.77. The van der Waals surface area contributed by atoms with Gasteiger partial charge in [0.25, 0.3) is 11.8 Å². The monoisotopic (exact) mass is 360 g/mol. The number of aryl methyl sites for hydroxylation is 1. The molecule has 1 aliphatic heterocycles. The summed E-state index contributed by atoms with van der Waals surface area (Å²) in [7, 11) is 0. The minimum Gasteiger partial charge on any atom is -0.399 e. The topological polar surface area (TPSA) is 81.2 Å². The predicted molar refractivity (Wildman–Crippen MR) is 103 cm³/mol. The molecule has 2 amide bonds. The Morgan fingerprint density at radius 1 is 0.852 bits per heavy atom. The summed E-state index contributed by atoms with van der Waals surface area (Å²) in [6.07, 6.45) is 5.40. The minimum atomic E-state index is -0.191. The summed E-state index contributed by atoms with van der Waals surface area (Å²) in [5.74, 6) is -0.382. The first kappa shape index (κ1) is 17.0. The maximum absolute atomic E-state index is 12.3. The van der Waals surface area contributed by atoms with Crippen LogP contribution in [0.5, 0.6) is 0 Å². The summed E-state index contributed by atoms with van der Waals surface area (Å²) in [5.41, 5.74) is 9.37. The maximum Gasteiger partial charge on any atom is 0.261 e. The van der Waals surface area contributed by atoms with Crippen molar-refractivity contribution >= 4 is 17.5 Å². The zero-order valence-electron chi connectivity index (χ0n) is 14.8. The van der Waals surface area contributed by atoms with Gasteiger partial charge in [0.2, 0.25) is 0 Å². The number of imide groups is 1. The molecule has 2 N–H and O–H groups in total. The Morgan fingerprint density at radius 3 is 2.15 bits per heavy atom. The lowest BCUT2D eigenvalue weighted by atomic mass is 10.1. The average molecular weight is 360 g/mol. The van der Waals surface area contributed by atoms with Crippen LogP contribution >= 0.6 is 0 Å². The molecule has 136 valence electrons. The number of hydrogen-bond donors (Lipinski definition) is 1. The SMILES string of the molecule is Nc1ccc(-c2cn(CCCCN3C(=O)c4ccccc4C3=O)cn2)cc1. The third kappa shape index (κ3) is 3.33. The van der Waals surface area contributed by atoms with Crippen molar-refractivity contribution in [3.8, 4) is 11.3 Å². The van der Waals surface area contributed by atoms with E-state index < -0.39 is 0 Å². The highest BCUT2D eigenvalue weighted by molar-refractivity contribution is 6.21. The number of fused-ring (bicyclic) bond motifs is 1. The van der Waals surface area contributed by atoms with Gasteiger partial charge in [-0.25, -0.2) is 4.98 Å². The Morgan fingerprint density at radius 2 is 1.48 bits per heavy atom. The van der Waals surface area contributed by atoms with Crippen molar-refractivity contribution in [2.24, 2.45) is 0 Å². The van der Waals surface area contributed by atoms with Crippen LogP contribution < -0.4 is 5.73 Å². The highest BCUT2D eigenvalue weighted by Gasteiger charge is 2.34. The molecule has 2 heterocycles. The molecule has 0 saturated heterocycles. The number of hydrogen-bond acceptors (Lipinski definition) is 4. The number of imidazole rings is 1. The van der Waals surface area contributed by atoms with Crippen molar-refractivity contribution in [3.05, 3.63) is 72.2 Å². The zero-order chi connectivity index (χ0) is 18.8. The fourth-order valence-electron chi connectivity index (χ4n) is 3.29. The molecule has 27 heavy (non-hydrogen) atoms. The van der Waals surface area contributed by atoms with E-state index in [1.54, 1.807) is 30.6 Å². The first-order valence-corrected chi connectivity index (χ1v) is 8.96. The molecule has 2 aromatic carbocycles. The number of unbranched alkanes of at least 4 members (excludes halogenated alkanes) is 1. The van der Waals surface area contributed by atoms with Gasteiger partial charge in [-0.05, 0) is 37.1 Å². The number of anilines is 1. The largest absolute Gasteiger partial charge is 0.399 e. The number of rotatable bonds is 6. The molecule has 0 fully saturated rings. The zero-order valence-corrected chi connectivity index (χ0v) is 14.8. The van der Waals surface area contributed by atoms with Crippen molar-refractivity contribution in [1.29, 1.82) is 0 Å². The van der Waals surface area contributed by atoms with Crippen molar-refractivity contribution in [2.75, 3.05) is 12.3 Å². The van der Waals surface area contributed by atoms with E-state index in [-0.39, 0.29) is 11.8 Å². The molecule has 0 saturated carbocycles. The smallest absolute Gasteiger partial charge is 0.261 e. The van der Waals surface area contributed by atoms with Crippen LogP contribution in [-0.2, 0) is 6.54 Å². The van der Waals surface area contributed by atoms with Crippen LogP contribution in [0.3, 0.4) is 0 Å². The lowest BCUT2D eigenvalue weighted by molar-refractivity contribution is 0.0651. The first-order valence-electron chi connectivity index (χ1n) is 8.96. The number of nitrogens with two attached hydrogens (primary N) is 1. The van der Waals surface area contributed by atoms with Gasteiger partial charge in [0.15, 0.2) is 0 Å². The third-order valence-electron chi connectivity index (χ3n) is 4.77. The van der Waals surface area contributed by atoms with E-state index in [1.807, 2.05) is 35.0 Å². The lowest BCUT2D eigenvalue weighted by Crippen LogP contribution is -2.30. The van der Waals surface area contributed by atoms with Gasteiger partial charge in [0.1, 0.15) is 0 Å². The fourth-order valence-corrected chi connectivity index (χ4v) is 3.29. The van der Waals surface area contributed by atoms with Crippen LogP contribution in [0.4, 0.5) is 5.69 Å². The van der Waals surface area contributed by atoms with E-state index in [0.717, 1.165) is 36.3 Å². The lowest BCUT2D eigenvalue weighted by Gasteiger charge is -2.13. The van der Waals surface area contributed by atoms with Crippen molar-refractivity contribution < 1.29 is 9.59 Å². The maximum atomic E-state index is 12.3. The molecular weight excluding hydrogens is 340 g/mol. The number of carbonyl (C=O) groups is 2. The highest BCUT2D eigenvalue weighted by atomic mass is 16.2. The Hall–Kier alpha value is -3.41. The minimum absolute atomic E-state index is 0.191. The molecule has 1 aromatic heterocycles. The Labute approximate surface area is 157 Å². The van der Waals surface area contributed by atoms with E-state index >= 15 is 0 Å². The first-order chi connectivity index (χ1) is 13.1. The molecule has 6 heteroatoms. The van der Waals surface area contributed by atoms with Crippen molar-refractivity contribution in [1.82, 2.24) is 14.5 Å². The summed E-state index contributed by atoms with van der Waals surface area (Å²) in [5, 5.41) is 0. The second-order valence-corrected chi connectivity index (χ2v) is 6.63. The molecule has 6 nitrogen and oxygen atoms in total. The van der Waals surface area contributed by atoms with Gasteiger partial charge in [0, 0.05) is 30.5 Å². The Kier molecular flexibility index (Phi) is 4.46. The molecular formula is C21H20N4O2. The van der Waals surface area contributed by atoms with Crippen LogP contribution in [0.15, 0.2) is 61.1 Å². The van der Waals surface area contributed by atoms with Gasteiger partial charge in [-0.1, -0.05) is 24.3 Å². The van der Waals surface area contributed by atoms with E-state index in [1.165, 1.54) is 4.90 Å². The molecule has 0 radical (unpaired) electrons. The van der Waals surface area contributed by atoms with Gasteiger partial charge < -0.3 is 10.3 Å². The summed E-state index contributed by atoms with van der Waals surface area (Å²) >= 11 is 0. The van der Waals surface area contributed by atoms with E-state index in [9.17, 15) is 9.59 Å². The second kappa shape index (κ2) is 7.07. The molecule has 3 aromatic rings. The molecule has 0 bridgehead atoms. The molecule has 0 spiro atoms. The summed E-state index contributed by atoms with van der Waals surface area (Å²) in [4.78, 5) is 30.4. The summed E-state index contributed by atoms with van der Waals surface area (Å²) < 4.78 is 2.02. The average Bonchev–Trinajstić information content (AvgIpc) is 3.25. The number of carbonyl (C=O) groups excluding carboxylic acids is 2. The molecule has 1 aliphatic rings. The number of benzene rings is 2. The van der Waals surface area contributed by atoms with Crippen LogP contribution in [0.1, 0.15) is 33.6 Å². The fraction of sp³-hybridized carbons (Fsp3) is 0.190. The predicted octanol–water partition coefficient (Wildman–Crippen LogP) is 3.21. The van der Waals surface area contributed by atoms with Crippen LogP contribution in [0.25, 0.3) is 11.3 Å². The van der Waals surface area contributed by atoms with E-state index in [2.05, 4.69) is 4.98 Å². The van der Waals surface area contributed by atoms with Crippen LogP contribution in [-0.4, -0.2) is 32.8 Å². The number of nitrogen functional groups attached to an aromatic ring is 1. The highest BCUT2D eigenvalue weighted by Crippen LogP contribution is 2.23. The standard InChI is InChI=1S/C21H20N4O2/c22-16-9-7-15(8-10-16)19-13-24(14-23-19)11-3-4-12-25-20(26)17-5-1-2-6-18(17)21(25)27/h1-2,5-10,13-14H,3-4,11-12,22H2. The summed E-state index contributed by atoms with van der Waals surface area (Å²) in [6, 6.07) is 14.6. The number of amides is 2. The summed E-state index contributed by atoms with van der Waals surface area (Å²) in [6.45, 7) is 1.22.